The average molecular weight is 318 g/mol. The quantitative estimate of drug-likeness (QED) is 0.898. The first-order valence-corrected chi connectivity index (χ1v) is 6.32. The summed E-state index contributed by atoms with van der Waals surface area (Å²) < 4.78 is 19.6. The van der Waals surface area contributed by atoms with E-state index >= 15 is 0 Å². The molecule has 1 aliphatic heterocycles. The zero-order valence-corrected chi connectivity index (χ0v) is 11.3. The van der Waals surface area contributed by atoms with E-state index in [1.54, 1.807) is 12.1 Å². The Hall–Kier alpha value is -1.14. The van der Waals surface area contributed by atoms with Gasteiger partial charge in [0.25, 0.3) is 0 Å². The van der Waals surface area contributed by atoms with Crippen molar-refractivity contribution < 1.29 is 19.0 Å². The van der Waals surface area contributed by atoms with Crippen molar-refractivity contribution in [3.8, 4) is 5.75 Å². The monoisotopic (exact) mass is 317 g/mol. The lowest BCUT2D eigenvalue weighted by atomic mass is 9.99. The summed E-state index contributed by atoms with van der Waals surface area (Å²) in [6.45, 7) is 0.342. The normalized spacial score (nSPS) is 23.1. The Morgan fingerprint density at radius 2 is 2.33 bits per heavy atom. The van der Waals surface area contributed by atoms with Crippen molar-refractivity contribution in [1.29, 1.82) is 0 Å². The van der Waals surface area contributed by atoms with Crippen LogP contribution in [-0.2, 0) is 4.79 Å². The first-order chi connectivity index (χ1) is 8.54. The number of nitrogens with one attached hydrogen (secondary N) is 1. The van der Waals surface area contributed by atoms with Gasteiger partial charge in [-0.2, -0.15) is 0 Å². The molecular formula is C12H13BrFNO3. The molecule has 1 saturated heterocycles. The van der Waals surface area contributed by atoms with Crippen molar-refractivity contribution in [2.24, 2.45) is 5.92 Å². The van der Waals surface area contributed by atoms with Gasteiger partial charge in [0.05, 0.1) is 17.5 Å². The maximum atomic E-state index is 14.1. The molecule has 18 heavy (non-hydrogen) atoms. The van der Waals surface area contributed by atoms with Crippen molar-refractivity contribution in [3.05, 3.63) is 28.0 Å². The summed E-state index contributed by atoms with van der Waals surface area (Å²) in [5, 5.41) is 12.0. The number of methoxy groups -OCH3 is 1. The minimum absolute atomic E-state index is 0.335. The summed E-state index contributed by atoms with van der Waals surface area (Å²) in [6.07, 6.45) is 0.360. The van der Waals surface area contributed by atoms with Gasteiger partial charge in [-0.05, 0) is 34.5 Å². The van der Waals surface area contributed by atoms with Gasteiger partial charge >= 0.3 is 5.97 Å². The number of benzene rings is 1. The third-order valence-corrected chi connectivity index (χ3v) is 3.75. The lowest BCUT2D eigenvalue weighted by Gasteiger charge is -2.16. The molecule has 1 aliphatic rings. The van der Waals surface area contributed by atoms with Crippen LogP contribution in [0.5, 0.6) is 5.75 Å². The summed E-state index contributed by atoms with van der Waals surface area (Å²) >= 11 is 3.13. The molecule has 2 N–H and O–H groups in total. The molecule has 6 heteroatoms. The Morgan fingerprint density at radius 3 is 2.89 bits per heavy atom. The summed E-state index contributed by atoms with van der Waals surface area (Å²) in [6, 6.07) is 2.90. The van der Waals surface area contributed by atoms with E-state index in [1.165, 1.54) is 7.11 Å². The molecule has 0 radical (unpaired) electrons. The van der Waals surface area contributed by atoms with Crippen LogP contribution in [-0.4, -0.2) is 24.7 Å². The first-order valence-electron chi connectivity index (χ1n) is 5.52. The molecule has 1 aromatic carbocycles. The zero-order valence-electron chi connectivity index (χ0n) is 9.74. The lowest BCUT2D eigenvalue weighted by molar-refractivity contribution is -0.141. The number of aliphatic carboxylic acids is 1. The van der Waals surface area contributed by atoms with E-state index in [4.69, 9.17) is 9.84 Å². The largest absolute Gasteiger partial charge is 0.496 e. The third kappa shape index (κ3) is 2.35. The highest BCUT2D eigenvalue weighted by molar-refractivity contribution is 9.10. The van der Waals surface area contributed by atoms with Gasteiger partial charge < -0.3 is 15.2 Å². The van der Waals surface area contributed by atoms with Crippen molar-refractivity contribution in [2.45, 2.75) is 12.5 Å². The number of ether oxygens (including phenoxy) is 1. The Balaban J connectivity index is 2.34. The van der Waals surface area contributed by atoms with E-state index in [1.807, 2.05) is 0 Å². The van der Waals surface area contributed by atoms with Crippen LogP contribution >= 0.6 is 15.9 Å². The number of hydrogen-bond acceptors (Lipinski definition) is 3. The molecule has 2 unspecified atom stereocenters. The average Bonchev–Trinajstić information content (AvgIpc) is 2.81. The highest BCUT2D eigenvalue weighted by Crippen LogP contribution is 2.37. The van der Waals surface area contributed by atoms with Gasteiger partial charge in [0.2, 0.25) is 0 Å². The molecule has 98 valence electrons. The Morgan fingerprint density at radius 1 is 1.61 bits per heavy atom. The second-order valence-electron chi connectivity index (χ2n) is 4.21. The number of hydrogen-bond donors (Lipinski definition) is 2. The van der Waals surface area contributed by atoms with Gasteiger partial charge in [-0.3, -0.25) is 4.79 Å². The molecule has 0 spiro atoms. The van der Waals surface area contributed by atoms with Crippen molar-refractivity contribution >= 4 is 21.9 Å². The Labute approximate surface area is 112 Å². The summed E-state index contributed by atoms with van der Waals surface area (Å²) in [5.74, 6) is -1.32. The van der Waals surface area contributed by atoms with Crippen LogP contribution < -0.4 is 10.1 Å². The molecule has 1 fully saturated rings. The highest BCUT2D eigenvalue weighted by Gasteiger charge is 2.33. The molecule has 0 aromatic heterocycles. The van der Waals surface area contributed by atoms with Gasteiger partial charge in [0, 0.05) is 18.2 Å². The van der Waals surface area contributed by atoms with Crippen LogP contribution in [0, 0.1) is 11.7 Å². The van der Waals surface area contributed by atoms with E-state index in [0.717, 1.165) is 0 Å². The Bertz CT molecular complexity index is 481. The van der Waals surface area contributed by atoms with Crippen molar-refractivity contribution in [1.82, 2.24) is 5.32 Å². The number of rotatable bonds is 3. The maximum absolute atomic E-state index is 14.1. The highest BCUT2D eigenvalue weighted by atomic mass is 79.9. The lowest BCUT2D eigenvalue weighted by Crippen LogP contribution is -2.18. The van der Waals surface area contributed by atoms with Crippen LogP contribution in [0.15, 0.2) is 16.6 Å². The summed E-state index contributed by atoms with van der Waals surface area (Å²) in [7, 11) is 1.47. The number of halogens is 2. The van der Waals surface area contributed by atoms with Crippen LogP contribution in [0.1, 0.15) is 18.0 Å². The van der Waals surface area contributed by atoms with Crippen LogP contribution in [0.25, 0.3) is 0 Å². The minimum Gasteiger partial charge on any atom is -0.496 e. The fourth-order valence-corrected chi connectivity index (χ4v) is 2.54. The zero-order chi connectivity index (χ0) is 13.3. The second kappa shape index (κ2) is 5.24. The maximum Gasteiger partial charge on any atom is 0.307 e. The smallest absolute Gasteiger partial charge is 0.307 e. The van der Waals surface area contributed by atoms with Gasteiger partial charge in [-0.15, -0.1) is 0 Å². The molecular weight excluding hydrogens is 305 g/mol. The van der Waals surface area contributed by atoms with E-state index in [2.05, 4.69) is 21.2 Å². The minimum atomic E-state index is -0.862. The van der Waals surface area contributed by atoms with Crippen LogP contribution in [0.2, 0.25) is 0 Å². The molecule has 0 saturated carbocycles. The van der Waals surface area contributed by atoms with Crippen LogP contribution in [0.4, 0.5) is 4.39 Å². The first kappa shape index (κ1) is 13.3. The summed E-state index contributed by atoms with van der Waals surface area (Å²) in [5.41, 5.74) is 0.385. The standard InChI is InChI=1S/C12H13BrFNO3/c1-18-9-3-2-7(13)11(14)10(9)8-4-6(5-15-8)12(16)17/h2-3,6,8,15H,4-5H2,1H3,(H,16,17). The van der Waals surface area contributed by atoms with Crippen molar-refractivity contribution in [2.75, 3.05) is 13.7 Å². The van der Waals surface area contributed by atoms with Crippen LogP contribution in [0.3, 0.4) is 0 Å². The molecule has 2 atom stereocenters. The molecule has 0 amide bonds. The molecule has 1 aromatic rings. The fraction of sp³-hybridized carbons (Fsp3) is 0.417. The fourth-order valence-electron chi connectivity index (χ4n) is 2.20. The molecule has 0 bridgehead atoms. The second-order valence-corrected chi connectivity index (χ2v) is 5.06. The topological polar surface area (TPSA) is 58.6 Å². The van der Waals surface area contributed by atoms with Gasteiger partial charge in [0.1, 0.15) is 11.6 Å². The predicted octanol–water partition coefficient (Wildman–Crippen LogP) is 2.33. The van der Waals surface area contributed by atoms with E-state index in [0.29, 0.717) is 28.8 Å². The molecule has 1 heterocycles. The number of carboxylic acids is 1. The molecule has 4 nitrogen and oxygen atoms in total. The van der Waals surface area contributed by atoms with E-state index in [-0.39, 0.29) is 6.04 Å². The SMILES string of the molecule is COc1ccc(Br)c(F)c1C1CC(C(=O)O)CN1. The predicted molar refractivity (Wildman–Crippen MR) is 67.1 cm³/mol. The van der Waals surface area contributed by atoms with Gasteiger partial charge in [-0.25, -0.2) is 4.39 Å². The number of carbonyl (C=O) groups is 1. The van der Waals surface area contributed by atoms with E-state index in [9.17, 15) is 9.18 Å². The van der Waals surface area contributed by atoms with Gasteiger partial charge in [-0.1, -0.05) is 0 Å². The summed E-state index contributed by atoms with van der Waals surface area (Å²) in [4.78, 5) is 10.9. The number of carboxylic acid groups (broad SMARTS) is 1. The van der Waals surface area contributed by atoms with E-state index < -0.39 is 17.7 Å². The molecule has 2 rings (SSSR count). The Kier molecular flexibility index (Phi) is 3.87. The molecule has 0 aliphatic carbocycles. The van der Waals surface area contributed by atoms with Gasteiger partial charge in [0.15, 0.2) is 0 Å². The third-order valence-electron chi connectivity index (χ3n) is 3.14. The van der Waals surface area contributed by atoms with Crippen molar-refractivity contribution in [3.63, 3.8) is 0 Å².